The summed E-state index contributed by atoms with van der Waals surface area (Å²) in [5.74, 6) is -0.955. The molecule has 1 aliphatic carbocycles. The van der Waals surface area contributed by atoms with Gasteiger partial charge in [-0.05, 0) is 32.6 Å². The number of carbonyl (C=O) groups is 2. The molecule has 1 saturated carbocycles. The van der Waals surface area contributed by atoms with Gasteiger partial charge in [0.15, 0.2) is 0 Å². The SMILES string of the molecule is CCN(C(=O)CC(C)(C(=O)O)C(C)C)C1CC1. The van der Waals surface area contributed by atoms with E-state index in [2.05, 4.69) is 0 Å². The van der Waals surface area contributed by atoms with Gasteiger partial charge in [0, 0.05) is 19.0 Å². The highest BCUT2D eigenvalue weighted by molar-refractivity contribution is 5.85. The van der Waals surface area contributed by atoms with Crippen molar-refractivity contribution in [1.82, 2.24) is 4.90 Å². The largest absolute Gasteiger partial charge is 0.481 e. The molecular formula is C13H23NO3. The summed E-state index contributed by atoms with van der Waals surface area (Å²) in [6, 6.07) is 0.359. The number of carboxylic acids is 1. The van der Waals surface area contributed by atoms with Gasteiger partial charge < -0.3 is 10.0 Å². The summed E-state index contributed by atoms with van der Waals surface area (Å²) in [6.07, 6.45) is 2.22. The molecule has 1 unspecified atom stereocenters. The molecule has 1 aliphatic rings. The van der Waals surface area contributed by atoms with Gasteiger partial charge in [-0.15, -0.1) is 0 Å². The zero-order valence-corrected chi connectivity index (χ0v) is 11.2. The number of nitrogens with zero attached hydrogens (tertiary/aromatic N) is 1. The molecule has 17 heavy (non-hydrogen) atoms. The van der Waals surface area contributed by atoms with Crippen molar-refractivity contribution in [3.63, 3.8) is 0 Å². The maximum absolute atomic E-state index is 12.1. The molecule has 0 spiro atoms. The first-order valence-electron chi connectivity index (χ1n) is 6.35. The highest BCUT2D eigenvalue weighted by Gasteiger charge is 2.41. The van der Waals surface area contributed by atoms with Crippen LogP contribution in [-0.2, 0) is 9.59 Å². The molecule has 4 nitrogen and oxygen atoms in total. The number of hydrogen-bond donors (Lipinski definition) is 1. The van der Waals surface area contributed by atoms with Gasteiger partial charge >= 0.3 is 5.97 Å². The molecule has 1 rings (SSSR count). The van der Waals surface area contributed by atoms with Crippen LogP contribution < -0.4 is 0 Å². The Kier molecular flexibility index (Phi) is 4.17. The molecule has 0 aromatic heterocycles. The Bertz CT molecular complexity index is 310. The topological polar surface area (TPSA) is 57.6 Å². The number of rotatable bonds is 6. The average Bonchev–Trinajstić information content (AvgIpc) is 3.02. The molecule has 4 heteroatoms. The summed E-state index contributed by atoms with van der Waals surface area (Å²) in [5, 5.41) is 9.29. The maximum atomic E-state index is 12.1. The Labute approximate surface area is 103 Å². The molecule has 1 atom stereocenters. The fourth-order valence-electron chi connectivity index (χ4n) is 1.97. The fourth-order valence-corrected chi connectivity index (χ4v) is 1.97. The Morgan fingerprint density at radius 1 is 1.41 bits per heavy atom. The van der Waals surface area contributed by atoms with E-state index in [1.807, 2.05) is 25.7 Å². The number of carbonyl (C=O) groups excluding carboxylic acids is 1. The van der Waals surface area contributed by atoms with E-state index in [4.69, 9.17) is 0 Å². The lowest BCUT2D eigenvalue weighted by Gasteiger charge is -2.31. The molecule has 98 valence electrons. The van der Waals surface area contributed by atoms with Crippen LogP contribution in [0.5, 0.6) is 0 Å². The normalized spacial score (nSPS) is 18.9. The second kappa shape index (κ2) is 5.07. The van der Waals surface area contributed by atoms with E-state index in [0.717, 1.165) is 12.8 Å². The van der Waals surface area contributed by atoms with Gasteiger partial charge in [-0.3, -0.25) is 9.59 Å². The van der Waals surface area contributed by atoms with E-state index < -0.39 is 11.4 Å². The van der Waals surface area contributed by atoms with Gasteiger partial charge in [-0.2, -0.15) is 0 Å². The van der Waals surface area contributed by atoms with Crippen molar-refractivity contribution in [2.24, 2.45) is 11.3 Å². The van der Waals surface area contributed by atoms with Crippen molar-refractivity contribution in [1.29, 1.82) is 0 Å². The van der Waals surface area contributed by atoms with Gasteiger partial charge in [0.05, 0.1) is 5.41 Å². The first kappa shape index (κ1) is 14.0. The molecule has 0 bridgehead atoms. The van der Waals surface area contributed by atoms with Crippen molar-refractivity contribution in [3.05, 3.63) is 0 Å². The predicted octanol–water partition coefficient (Wildman–Crippen LogP) is 2.13. The third-order valence-electron chi connectivity index (χ3n) is 3.93. The van der Waals surface area contributed by atoms with Crippen LogP contribution in [0, 0.1) is 11.3 Å². The highest BCUT2D eigenvalue weighted by Crippen LogP contribution is 2.34. The van der Waals surface area contributed by atoms with Crippen molar-refractivity contribution in [2.45, 2.75) is 53.0 Å². The standard InChI is InChI=1S/C13H23NO3/c1-5-14(10-6-7-10)11(15)8-13(4,9(2)3)12(16)17/h9-10H,5-8H2,1-4H3,(H,16,17). The van der Waals surface area contributed by atoms with Crippen molar-refractivity contribution >= 4 is 11.9 Å². The highest BCUT2D eigenvalue weighted by atomic mass is 16.4. The van der Waals surface area contributed by atoms with Crippen LogP contribution >= 0.6 is 0 Å². The fraction of sp³-hybridized carbons (Fsp3) is 0.846. The number of hydrogen-bond acceptors (Lipinski definition) is 2. The van der Waals surface area contributed by atoms with E-state index in [0.29, 0.717) is 12.6 Å². The Morgan fingerprint density at radius 2 is 1.94 bits per heavy atom. The van der Waals surface area contributed by atoms with Crippen LogP contribution in [0.1, 0.15) is 47.0 Å². The number of amides is 1. The zero-order valence-electron chi connectivity index (χ0n) is 11.2. The van der Waals surface area contributed by atoms with Crippen LogP contribution in [0.25, 0.3) is 0 Å². The number of aliphatic carboxylic acids is 1. The minimum atomic E-state index is -0.959. The van der Waals surface area contributed by atoms with Crippen molar-refractivity contribution in [3.8, 4) is 0 Å². The van der Waals surface area contributed by atoms with E-state index in [9.17, 15) is 14.7 Å². The predicted molar refractivity (Wildman–Crippen MR) is 65.6 cm³/mol. The van der Waals surface area contributed by atoms with Crippen LogP contribution in [-0.4, -0.2) is 34.5 Å². The van der Waals surface area contributed by atoms with Gasteiger partial charge in [0.25, 0.3) is 0 Å². The smallest absolute Gasteiger partial charge is 0.310 e. The van der Waals surface area contributed by atoms with Crippen LogP contribution in [0.4, 0.5) is 0 Å². The third kappa shape index (κ3) is 2.99. The minimum Gasteiger partial charge on any atom is -0.481 e. The van der Waals surface area contributed by atoms with E-state index in [1.165, 1.54) is 0 Å². The number of carboxylic acid groups (broad SMARTS) is 1. The van der Waals surface area contributed by atoms with Crippen LogP contribution in [0.3, 0.4) is 0 Å². The van der Waals surface area contributed by atoms with Crippen molar-refractivity contribution < 1.29 is 14.7 Å². The Balaban J connectivity index is 2.73. The monoisotopic (exact) mass is 241 g/mol. The van der Waals surface area contributed by atoms with Gasteiger partial charge in [-0.25, -0.2) is 0 Å². The van der Waals surface area contributed by atoms with Crippen LogP contribution in [0.2, 0.25) is 0 Å². The first-order valence-corrected chi connectivity index (χ1v) is 6.35. The van der Waals surface area contributed by atoms with E-state index >= 15 is 0 Å². The molecule has 0 aromatic carbocycles. The summed E-state index contributed by atoms with van der Waals surface area (Å²) in [4.78, 5) is 25.3. The van der Waals surface area contributed by atoms with E-state index in [1.54, 1.807) is 6.92 Å². The van der Waals surface area contributed by atoms with Gasteiger partial charge in [-0.1, -0.05) is 13.8 Å². The Morgan fingerprint density at radius 3 is 2.24 bits per heavy atom. The lowest BCUT2D eigenvalue weighted by molar-refractivity contribution is -0.155. The zero-order chi connectivity index (χ0) is 13.2. The molecule has 1 amide bonds. The minimum absolute atomic E-state index is 0.0198. The summed E-state index contributed by atoms with van der Waals surface area (Å²) >= 11 is 0. The lowest BCUT2D eigenvalue weighted by Crippen LogP contribution is -2.41. The van der Waals surface area contributed by atoms with Gasteiger partial charge in [0.2, 0.25) is 5.91 Å². The molecule has 1 fully saturated rings. The Hall–Kier alpha value is -1.06. The molecule has 0 saturated heterocycles. The second-order valence-corrected chi connectivity index (χ2v) is 5.47. The average molecular weight is 241 g/mol. The summed E-state index contributed by atoms with van der Waals surface area (Å²) < 4.78 is 0. The van der Waals surface area contributed by atoms with Crippen molar-refractivity contribution in [2.75, 3.05) is 6.54 Å². The molecule has 1 N–H and O–H groups in total. The quantitative estimate of drug-likeness (QED) is 0.775. The maximum Gasteiger partial charge on any atom is 0.310 e. The molecule has 0 heterocycles. The summed E-state index contributed by atoms with van der Waals surface area (Å²) in [6.45, 7) is 8.00. The third-order valence-corrected chi connectivity index (χ3v) is 3.93. The summed E-state index contributed by atoms with van der Waals surface area (Å²) in [7, 11) is 0. The second-order valence-electron chi connectivity index (χ2n) is 5.47. The lowest BCUT2D eigenvalue weighted by atomic mass is 9.76. The van der Waals surface area contributed by atoms with Gasteiger partial charge in [0.1, 0.15) is 0 Å². The van der Waals surface area contributed by atoms with E-state index in [-0.39, 0.29) is 18.2 Å². The summed E-state index contributed by atoms with van der Waals surface area (Å²) in [5.41, 5.74) is -0.959. The molecular weight excluding hydrogens is 218 g/mol. The molecule has 0 aliphatic heterocycles. The molecule has 0 aromatic rings. The first-order chi connectivity index (χ1) is 7.82. The molecule has 0 radical (unpaired) electrons. The van der Waals surface area contributed by atoms with Crippen LogP contribution in [0.15, 0.2) is 0 Å².